The van der Waals surface area contributed by atoms with Crippen LogP contribution < -0.4 is 10.6 Å². The fourth-order valence-electron chi connectivity index (χ4n) is 1.98. The summed E-state index contributed by atoms with van der Waals surface area (Å²) in [6.07, 6.45) is 1.46. The summed E-state index contributed by atoms with van der Waals surface area (Å²) in [5.74, 6) is 0.147. The summed E-state index contributed by atoms with van der Waals surface area (Å²) in [7, 11) is 4.59. The zero-order valence-corrected chi connectivity index (χ0v) is 13.0. The number of carbonyl (C=O) groups is 1. The fraction of sp³-hybridized carbons (Fsp3) is 0.571. The van der Waals surface area contributed by atoms with E-state index in [1.54, 1.807) is 20.3 Å². The van der Waals surface area contributed by atoms with Gasteiger partial charge in [-0.3, -0.25) is 0 Å². The fourth-order valence-corrected chi connectivity index (χ4v) is 1.98. The predicted molar refractivity (Wildman–Crippen MR) is 80.5 cm³/mol. The molecule has 0 radical (unpaired) electrons. The molecule has 0 aliphatic heterocycles. The number of methoxy groups -OCH3 is 3. The lowest BCUT2D eigenvalue weighted by Gasteiger charge is -2.30. The van der Waals surface area contributed by atoms with Crippen LogP contribution in [-0.4, -0.2) is 58.1 Å². The number of nitrogens with two attached hydrogens (primary N) is 1. The maximum absolute atomic E-state index is 11.7. The average molecular weight is 297 g/mol. The van der Waals surface area contributed by atoms with E-state index in [-0.39, 0.29) is 11.7 Å². The summed E-state index contributed by atoms with van der Waals surface area (Å²) in [5.41, 5.74) is 6.36. The molecule has 0 spiro atoms. The number of anilines is 2. The van der Waals surface area contributed by atoms with Crippen molar-refractivity contribution in [2.45, 2.75) is 13.0 Å². The molecule has 1 atom stereocenters. The molecule has 0 fully saturated rings. The van der Waals surface area contributed by atoms with E-state index >= 15 is 0 Å². The van der Waals surface area contributed by atoms with Gasteiger partial charge in [0.15, 0.2) is 0 Å². The molecule has 1 unspecified atom stereocenters. The smallest absolute Gasteiger partial charge is 0.340 e. The van der Waals surface area contributed by atoms with Crippen molar-refractivity contribution < 1.29 is 19.0 Å². The van der Waals surface area contributed by atoms with E-state index < -0.39 is 5.97 Å². The number of pyridine rings is 1. The molecule has 0 aromatic carbocycles. The number of carbonyl (C=O) groups excluding carboxylic acids is 1. The lowest BCUT2D eigenvalue weighted by Crippen LogP contribution is -2.39. The van der Waals surface area contributed by atoms with Crippen LogP contribution in [0.4, 0.5) is 11.5 Å². The quantitative estimate of drug-likeness (QED) is 0.714. The van der Waals surface area contributed by atoms with Crippen LogP contribution in [0.25, 0.3) is 0 Å². The minimum absolute atomic E-state index is 0.0757. The first-order valence-corrected chi connectivity index (χ1v) is 6.63. The summed E-state index contributed by atoms with van der Waals surface area (Å²) < 4.78 is 15.0. The van der Waals surface area contributed by atoms with Gasteiger partial charge in [-0.05, 0) is 13.0 Å². The maximum Gasteiger partial charge on any atom is 0.340 e. The molecule has 2 N–H and O–H groups in total. The van der Waals surface area contributed by atoms with Crippen LogP contribution in [0, 0.1) is 0 Å². The third kappa shape index (κ3) is 4.57. The highest BCUT2D eigenvalue weighted by molar-refractivity contribution is 5.95. The standard InChI is InChI=1S/C14H23N3O4/c1-10(9-20-3)17(5-6-19-2)13-7-11(14(18)21-4)12(15)8-16-13/h7-8,10H,5-6,9,15H2,1-4H3. The lowest BCUT2D eigenvalue weighted by molar-refractivity contribution is 0.0602. The Morgan fingerprint density at radius 3 is 2.67 bits per heavy atom. The molecule has 1 heterocycles. The van der Waals surface area contributed by atoms with Crippen molar-refractivity contribution in [3.63, 3.8) is 0 Å². The summed E-state index contributed by atoms with van der Waals surface area (Å²) in [6, 6.07) is 1.70. The van der Waals surface area contributed by atoms with E-state index in [9.17, 15) is 4.79 Å². The SMILES string of the molecule is COCCN(c1cc(C(=O)OC)c(N)cn1)C(C)COC. The number of aromatic nitrogens is 1. The zero-order valence-electron chi connectivity index (χ0n) is 13.0. The molecule has 118 valence electrons. The molecule has 7 nitrogen and oxygen atoms in total. The summed E-state index contributed by atoms with van der Waals surface area (Å²) in [6.45, 7) is 3.70. The van der Waals surface area contributed by atoms with E-state index in [0.29, 0.717) is 31.1 Å². The minimum Gasteiger partial charge on any atom is -0.465 e. The molecule has 0 bridgehead atoms. The molecule has 7 heteroatoms. The van der Waals surface area contributed by atoms with Crippen molar-refractivity contribution in [3.8, 4) is 0 Å². The molecule has 1 aromatic heterocycles. The van der Waals surface area contributed by atoms with E-state index in [4.69, 9.17) is 19.9 Å². The van der Waals surface area contributed by atoms with Crippen molar-refractivity contribution >= 4 is 17.5 Å². The van der Waals surface area contributed by atoms with Crippen molar-refractivity contribution in [1.29, 1.82) is 0 Å². The number of ether oxygens (including phenoxy) is 3. The first-order valence-electron chi connectivity index (χ1n) is 6.63. The van der Waals surface area contributed by atoms with Gasteiger partial charge in [-0.1, -0.05) is 0 Å². The molecule has 0 saturated heterocycles. The van der Waals surface area contributed by atoms with Crippen molar-refractivity contribution in [3.05, 3.63) is 17.8 Å². The van der Waals surface area contributed by atoms with Gasteiger partial charge in [0, 0.05) is 20.8 Å². The second kappa shape index (κ2) is 8.43. The van der Waals surface area contributed by atoms with Gasteiger partial charge < -0.3 is 24.8 Å². The van der Waals surface area contributed by atoms with Gasteiger partial charge >= 0.3 is 5.97 Å². The van der Waals surface area contributed by atoms with E-state index in [2.05, 4.69) is 4.98 Å². The van der Waals surface area contributed by atoms with Crippen molar-refractivity contribution in [2.24, 2.45) is 0 Å². The number of hydrogen-bond donors (Lipinski definition) is 1. The first kappa shape index (κ1) is 17.2. The molecule has 0 aliphatic rings. The summed E-state index contributed by atoms with van der Waals surface area (Å²) in [5, 5.41) is 0. The molecule has 0 amide bonds. The number of rotatable bonds is 8. The second-order valence-electron chi connectivity index (χ2n) is 4.61. The van der Waals surface area contributed by atoms with Gasteiger partial charge in [0.25, 0.3) is 0 Å². The molecule has 1 rings (SSSR count). The number of nitrogen functional groups attached to an aromatic ring is 1. The van der Waals surface area contributed by atoms with E-state index in [1.165, 1.54) is 13.3 Å². The minimum atomic E-state index is -0.484. The summed E-state index contributed by atoms with van der Waals surface area (Å²) in [4.78, 5) is 18.0. The van der Waals surface area contributed by atoms with Crippen LogP contribution in [-0.2, 0) is 14.2 Å². The monoisotopic (exact) mass is 297 g/mol. The molecular weight excluding hydrogens is 274 g/mol. The molecule has 0 saturated carbocycles. The molecular formula is C14H23N3O4. The van der Waals surface area contributed by atoms with Crippen LogP contribution in [0.5, 0.6) is 0 Å². The highest BCUT2D eigenvalue weighted by Gasteiger charge is 2.19. The average Bonchev–Trinajstić information content (AvgIpc) is 2.48. The highest BCUT2D eigenvalue weighted by Crippen LogP contribution is 2.20. The molecule has 21 heavy (non-hydrogen) atoms. The lowest BCUT2D eigenvalue weighted by atomic mass is 10.2. The Balaban J connectivity index is 3.08. The Hall–Kier alpha value is -1.86. The van der Waals surface area contributed by atoms with Crippen LogP contribution >= 0.6 is 0 Å². The van der Waals surface area contributed by atoms with Gasteiger partial charge in [0.05, 0.1) is 43.8 Å². The third-order valence-electron chi connectivity index (χ3n) is 3.10. The van der Waals surface area contributed by atoms with Crippen molar-refractivity contribution in [1.82, 2.24) is 4.98 Å². The first-order chi connectivity index (χ1) is 10.0. The Bertz CT molecular complexity index is 468. The van der Waals surface area contributed by atoms with Gasteiger partial charge in [0.1, 0.15) is 5.82 Å². The zero-order chi connectivity index (χ0) is 15.8. The van der Waals surface area contributed by atoms with Gasteiger partial charge in [0.2, 0.25) is 0 Å². The summed E-state index contributed by atoms with van der Waals surface area (Å²) >= 11 is 0. The maximum atomic E-state index is 11.7. The molecule has 1 aromatic rings. The van der Waals surface area contributed by atoms with Gasteiger partial charge in [-0.15, -0.1) is 0 Å². The van der Waals surface area contributed by atoms with Crippen LogP contribution in [0.3, 0.4) is 0 Å². The van der Waals surface area contributed by atoms with Crippen molar-refractivity contribution in [2.75, 3.05) is 51.7 Å². The largest absolute Gasteiger partial charge is 0.465 e. The molecule has 0 aliphatic carbocycles. The second-order valence-corrected chi connectivity index (χ2v) is 4.61. The topological polar surface area (TPSA) is 86.9 Å². The van der Waals surface area contributed by atoms with Gasteiger partial charge in [-0.25, -0.2) is 9.78 Å². The van der Waals surface area contributed by atoms with E-state index in [1.807, 2.05) is 11.8 Å². The Morgan fingerprint density at radius 2 is 2.10 bits per heavy atom. The Kier molecular flexibility index (Phi) is 6.90. The Morgan fingerprint density at radius 1 is 1.38 bits per heavy atom. The highest BCUT2D eigenvalue weighted by atomic mass is 16.5. The van der Waals surface area contributed by atoms with Crippen LogP contribution in [0.15, 0.2) is 12.3 Å². The van der Waals surface area contributed by atoms with Crippen LogP contribution in [0.1, 0.15) is 17.3 Å². The Labute approximate surface area is 125 Å². The van der Waals surface area contributed by atoms with Gasteiger partial charge in [-0.2, -0.15) is 0 Å². The normalized spacial score (nSPS) is 12.0. The third-order valence-corrected chi connectivity index (χ3v) is 3.10. The number of esters is 1. The number of nitrogens with zero attached hydrogens (tertiary/aromatic N) is 2. The van der Waals surface area contributed by atoms with Crippen LogP contribution in [0.2, 0.25) is 0 Å². The predicted octanol–water partition coefficient (Wildman–Crippen LogP) is 0.938. The van der Waals surface area contributed by atoms with E-state index in [0.717, 1.165) is 0 Å². The number of hydrogen-bond acceptors (Lipinski definition) is 7.